The van der Waals surface area contributed by atoms with Crippen molar-refractivity contribution in [2.45, 2.75) is 38.3 Å². The summed E-state index contributed by atoms with van der Waals surface area (Å²) in [7, 11) is 1.60. The number of likely N-dealkylation sites (tertiary alicyclic amines) is 1. The number of piperidine rings is 1. The normalized spacial score (nSPS) is 19.1. The highest BCUT2D eigenvalue weighted by atomic mass is 16.5. The first-order valence-corrected chi connectivity index (χ1v) is 9.99. The van der Waals surface area contributed by atoms with Crippen molar-refractivity contribution in [3.05, 3.63) is 53.2 Å². The number of aromatic nitrogens is 1. The molecule has 1 fully saturated rings. The van der Waals surface area contributed by atoms with Crippen LogP contribution < -0.4 is 9.64 Å². The zero-order chi connectivity index (χ0) is 18.8. The van der Waals surface area contributed by atoms with Crippen LogP contribution in [0.4, 0.5) is 5.69 Å². The number of hydrogen-bond acceptors (Lipinski definition) is 5. The van der Waals surface area contributed by atoms with Crippen molar-refractivity contribution in [1.82, 2.24) is 9.88 Å². The van der Waals surface area contributed by atoms with Gasteiger partial charge in [0.05, 0.1) is 7.11 Å². The summed E-state index contributed by atoms with van der Waals surface area (Å²) in [6.07, 6.45) is 4.57. The standard InChI is InChI=1S/C22H29N3O2/c1-3-24-11-9-19(10-12-24)25-13-8-16-4-5-17(14-20(16)25)22(26)18-6-7-21(27-2)23-15-18/h4-7,14-15,19,22,26H,3,8-13H2,1-2H3. The van der Waals surface area contributed by atoms with E-state index < -0.39 is 6.10 Å². The predicted octanol–water partition coefficient (Wildman–Crippen LogP) is 3.02. The van der Waals surface area contributed by atoms with Crippen LogP contribution in [0.1, 0.15) is 42.6 Å². The summed E-state index contributed by atoms with van der Waals surface area (Å²) in [5, 5.41) is 10.8. The van der Waals surface area contributed by atoms with E-state index in [0.29, 0.717) is 11.9 Å². The molecule has 144 valence electrons. The number of hydrogen-bond donors (Lipinski definition) is 1. The summed E-state index contributed by atoms with van der Waals surface area (Å²) in [4.78, 5) is 9.33. The van der Waals surface area contributed by atoms with Crippen LogP contribution in [0.25, 0.3) is 0 Å². The molecule has 0 saturated carbocycles. The molecule has 3 heterocycles. The minimum absolute atomic E-state index is 0.560. The van der Waals surface area contributed by atoms with E-state index in [0.717, 1.165) is 30.6 Å². The molecule has 0 aliphatic carbocycles. The SMILES string of the molecule is CCN1CCC(N2CCc3ccc(C(O)c4ccc(OC)nc4)cc32)CC1. The van der Waals surface area contributed by atoms with Gasteiger partial charge in [0.15, 0.2) is 0 Å². The van der Waals surface area contributed by atoms with Crippen LogP contribution in [-0.2, 0) is 6.42 Å². The summed E-state index contributed by atoms with van der Waals surface area (Å²) >= 11 is 0. The number of aliphatic hydroxyl groups excluding tert-OH is 1. The summed E-state index contributed by atoms with van der Waals surface area (Å²) in [5.74, 6) is 0.560. The zero-order valence-electron chi connectivity index (χ0n) is 16.3. The van der Waals surface area contributed by atoms with Gasteiger partial charge in [-0.3, -0.25) is 0 Å². The van der Waals surface area contributed by atoms with Crippen molar-refractivity contribution in [3.8, 4) is 5.88 Å². The molecule has 0 bridgehead atoms. The third-order valence-electron chi connectivity index (χ3n) is 6.09. The Hall–Kier alpha value is -2.11. The van der Waals surface area contributed by atoms with E-state index in [1.165, 1.54) is 37.2 Å². The molecule has 1 aromatic carbocycles. The lowest BCUT2D eigenvalue weighted by atomic mass is 9.99. The lowest BCUT2D eigenvalue weighted by molar-refractivity contribution is 0.218. The monoisotopic (exact) mass is 367 g/mol. The van der Waals surface area contributed by atoms with Gasteiger partial charge >= 0.3 is 0 Å². The molecular formula is C22H29N3O2. The average Bonchev–Trinajstić information content (AvgIpc) is 3.16. The minimum atomic E-state index is -0.668. The largest absolute Gasteiger partial charge is 0.481 e. The second-order valence-electron chi connectivity index (χ2n) is 7.53. The fraction of sp³-hybridized carbons (Fsp3) is 0.500. The van der Waals surface area contributed by atoms with Gasteiger partial charge in [0.2, 0.25) is 5.88 Å². The molecule has 0 radical (unpaired) electrons. The Labute approximate surface area is 161 Å². The highest BCUT2D eigenvalue weighted by Crippen LogP contribution is 2.35. The molecule has 4 rings (SSSR count). The molecule has 1 atom stereocenters. The lowest BCUT2D eigenvalue weighted by Crippen LogP contribution is -2.44. The predicted molar refractivity (Wildman–Crippen MR) is 107 cm³/mol. The van der Waals surface area contributed by atoms with Gasteiger partial charge in [-0.2, -0.15) is 0 Å². The van der Waals surface area contributed by atoms with Crippen molar-refractivity contribution in [2.75, 3.05) is 38.2 Å². The summed E-state index contributed by atoms with van der Waals surface area (Å²) in [5.41, 5.74) is 4.43. The maximum absolute atomic E-state index is 10.8. The van der Waals surface area contributed by atoms with E-state index in [1.807, 2.05) is 6.07 Å². The van der Waals surface area contributed by atoms with Crippen LogP contribution in [0.15, 0.2) is 36.5 Å². The number of anilines is 1. The molecule has 1 unspecified atom stereocenters. The highest BCUT2D eigenvalue weighted by Gasteiger charge is 2.29. The third-order valence-corrected chi connectivity index (χ3v) is 6.09. The quantitative estimate of drug-likeness (QED) is 0.880. The fourth-order valence-corrected chi connectivity index (χ4v) is 4.38. The Bertz CT molecular complexity index is 770. The van der Waals surface area contributed by atoms with Gasteiger partial charge in [0, 0.05) is 49.2 Å². The summed E-state index contributed by atoms with van der Waals surface area (Å²) in [6.45, 7) is 6.86. The van der Waals surface area contributed by atoms with Crippen molar-refractivity contribution < 1.29 is 9.84 Å². The molecule has 1 N–H and O–H groups in total. The Morgan fingerprint density at radius 1 is 1.15 bits per heavy atom. The van der Waals surface area contributed by atoms with Gasteiger partial charge in [-0.1, -0.05) is 19.1 Å². The Morgan fingerprint density at radius 3 is 2.59 bits per heavy atom. The first kappa shape index (κ1) is 18.3. The van der Waals surface area contributed by atoms with Crippen LogP contribution in [0.3, 0.4) is 0 Å². The smallest absolute Gasteiger partial charge is 0.212 e. The number of aliphatic hydroxyl groups is 1. The number of ether oxygens (including phenoxy) is 1. The Kier molecular flexibility index (Phi) is 5.32. The first-order valence-electron chi connectivity index (χ1n) is 9.99. The van der Waals surface area contributed by atoms with E-state index in [1.54, 1.807) is 19.4 Å². The maximum Gasteiger partial charge on any atom is 0.212 e. The first-order chi connectivity index (χ1) is 13.2. The molecule has 5 nitrogen and oxygen atoms in total. The second-order valence-corrected chi connectivity index (χ2v) is 7.53. The zero-order valence-corrected chi connectivity index (χ0v) is 16.3. The van der Waals surface area contributed by atoms with Crippen LogP contribution in [0, 0.1) is 0 Å². The molecule has 5 heteroatoms. The summed E-state index contributed by atoms with van der Waals surface area (Å²) < 4.78 is 5.11. The highest BCUT2D eigenvalue weighted by molar-refractivity contribution is 5.61. The van der Waals surface area contributed by atoms with E-state index in [2.05, 4.69) is 39.9 Å². The number of fused-ring (bicyclic) bond motifs is 1. The van der Waals surface area contributed by atoms with E-state index in [4.69, 9.17) is 4.74 Å². The number of methoxy groups -OCH3 is 1. The van der Waals surface area contributed by atoms with E-state index in [-0.39, 0.29) is 0 Å². The molecule has 2 aliphatic heterocycles. The van der Waals surface area contributed by atoms with Gasteiger partial charge in [0.25, 0.3) is 0 Å². The van der Waals surface area contributed by atoms with E-state index >= 15 is 0 Å². The van der Waals surface area contributed by atoms with Crippen molar-refractivity contribution in [3.63, 3.8) is 0 Å². The van der Waals surface area contributed by atoms with E-state index in [9.17, 15) is 5.11 Å². The minimum Gasteiger partial charge on any atom is -0.481 e. The van der Waals surface area contributed by atoms with Gasteiger partial charge < -0.3 is 19.6 Å². The van der Waals surface area contributed by atoms with Gasteiger partial charge in [0.1, 0.15) is 6.10 Å². The third kappa shape index (κ3) is 3.66. The molecule has 27 heavy (non-hydrogen) atoms. The summed E-state index contributed by atoms with van der Waals surface area (Å²) in [6, 6.07) is 10.7. The Morgan fingerprint density at radius 2 is 1.93 bits per heavy atom. The van der Waals surface area contributed by atoms with Crippen LogP contribution >= 0.6 is 0 Å². The van der Waals surface area contributed by atoms with Gasteiger partial charge in [-0.05, 0) is 49.1 Å². The molecule has 1 saturated heterocycles. The maximum atomic E-state index is 10.8. The van der Waals surface area contributed by atoms with Crippen molar-refractivity contribution in [2.24, 2.45) is 0 Å². The number of rotatable bonds is 5. The molecule has 0 amide bonds. The number of benzene rings is 1. The fourth-order valence-electron chi connectivity index (χ4n) is 4.38. The molecule has 2 aliphatic rings. The topological polar surface area (TPSA) is 48.8 Å². The van der Waals surface area contributed by atoms with Crippen LogP contribution in [-0.4, -0.2) is 54.3 Å². The number of nitrogens with zero attached hydrogens (tertiary/aromatic N) is 3. The van der Waals surface area contributed by atoms with Crippen molar-refractivity contribution >= 4 is 5.69 Å². The average molecular weight is 367 g/mol. The number of pyridine rings is 1. The Balaban J connectivity index is 1.53. The van der Waals surface area contributed by atoms with Gasteiger partial charge in [-0.15, -0.1) is 0 Å². The lowest BCUT2D eigenvalue weighted by Gasteiger charge is -2.37. The molecule has 0 spiro atoms. The van der Waals surface area contributed by atoms with Crippen LogP contribution in [0.5, 0.6) is 5.88 Å². The second kappa shape index (κ2) is 7.87. The van der Waals surface area contributed by atoms with Crippen LogP contribution in [0.2, 0.25) is 0 Å². The molecule has 1 aromatic heterocycles. The molecule has 2 aromatic rings. The van der Waals surface area contributed by atoms with Crippen molar-refractivity contribution in [1.29, 1.82) is 0 Å². The molecular weight excluding hydrogens is 338 g/mol. The van der Waals surface area contributed by atoms with Gasteiger partial charge in [-0.25, -0.2) is 4.98 Å².